The van der Waals surface area contributed by atoms with E-state index in [9.17, 15) is 9.59 Å². The van der Waals surface area contributed by atoms with E-state index in [0.29, 0.717) is 5.56 Å². The van der Waals surface area contributed by atoms with Gasteiger partial charge in [0.2, 0.25) is 0 Å². The fourth-order valence-corrected chi connectivity index (χ4v) is 4.07. The third-order valence-electron chi connectivity index (χ3n) is 6.06. The number of carbonyl (C=O) groups excluding carboxylic acids is 1. The molecule has 1 atom stereocenters. The molecule has 3 aromatic carbocycles. The number of aliphatic carboxylic acids is 1. The summed E-state index contributed by atoms with van der Waals surface area (Å²) in [6, 6.07) is 19.7. The summed E-state index contributed by atoms with van der Waals surface area (Å²) < 4.78 is 12.3. The lowest BCUT2D eigenvalue weighted by atomic mass is 9.77. The first kappa shape index (κ1) is 21.6. The van der Waals surface area contributed by atoms with Gasteiger partial charge < -0.3 is 14.6 Å². The van der Waals surface area contributed by atoms with E-state index in [-0.39, 0.29) is 11.9 Å². The molecule has 1 spiro atoms. The highest BCUT2D eigenvalue weighted by Gasteiger charge is 2.53. The molecule has 0 saturated heterocycles. The van der Waals surface area contributed by atoms with E-state index in [4.69, 9.17) is 14.6 Å². The van der Waals surface area contributed by atoms with Crippen LogP contribution < -0.4 is 4.74 Å². The molecule has 32 heavy (non-hydrogen) atoms. The Morgan fingerprint density at radius 3 is 2.00 bits per heavy atom. The maximum atomic E-state index is 12.6. The minimum absolute atomic E-state index is 0.181. The molecule has 1 unspecified atom stereocenters. The molecule has 2 aliphatic rings. The Morgan fingerprint density at radius 1 is 0.938 bits per heavy atom. The SMILES string of the molecule is CCC(C)C(=O)O.Cc1ccc2c(c1)Oc1cc(C)ccc1C21OC(=O)c2ccccc21. The lowest BCUT2D eigenvalue weighted by molar-refractivity contribution is -0.141. The van der Waals surface area contributed by atoms with Gasteiger partial charge in [-0.15, -0.1) is 0 Å². The number of carboxylic acid groups (broad SMARTS) is 1. The van der Waals surface area contributed by atoms with Crippen LogP contribution in [0.4, 0.5) is 0 Å². The average Bonchev–Trinajstić information content (AvgIpc) is 3.06. The highest BCUT2D eigenvalue weighted by molar-refractivity contribution is 5.97. The van der Waals surface area contributed by atoms with Gasteiger partial charge in [-0.25, -0.2) is 4.79 Å². The number of ether oxygens (including phenoxy) is 2. The van der Waals surface area contributed by atoms with Crippen LogP contribution in [-0.2, 0) is 15.1 Å². The van der Waals surface area contributed by atoms with E-state index in [1.807, 2.05) is 81.4 Å². The molecule has 1 N–H and O–H groups in total. The van der Waals surface area contributed by atoms with Gasteiger partial charge in [0.15, 0.2) is 5.60 Å². The third-order valence-corrected chi connectivity index (χ3v) is 6.06. The largest absolute Gasteiger partial charge is 0.481 e. The Labute approximate surface area is 187 Å². The highest BCUT2D eigenvalue weighted by atomic mass is 16.6. The van der Waals surface area contributed by atoms with Gasteiger partial charge in [-0.3, -0.25) is 4.79 Å². The molecule has 5 nitrogen and oxygen atoms in total. The zero-order valence-corrected chi connectivity index (χ0v) is 18.6. The van der Waals surface area contributed by atoms with Gasteiger partial charge in [-0.1, -0.05) is 56.3 Å². The molecule has 0 aromatic heterocycles. The topological polar surface area (TPSA) is 72.8 Å². The quantitative estimate of drug-likeness (QED) is 0.506. The summed E-state index contributed by atoms with van der Waals surface area (Å²) in [5, 5.41) is 8.18. The van der Waals surface area contributed by atoms with Crippen LogP contribution in [0.2, 0.25) is 0 Å². The van der Waals surface area contributed by atoms with Crippen LogP contribution in [0.5, 0.6) is 11.5 Å². The second-order valence-electron chi connectivity index (χ2n) is 8.37. The van der Waals surface area contributed by atoms with Crippen LogP contribution in [0.3, 0.4) is 0 Å². The molecule has 0 fully saturated rings. The highest BCUT2D eigenvalue weighted by Crippen LogP contribution is 2.56. The van der Waals surface area contributed by atoms with E-state index >= 15 is 0 Å². The van der Waals surface area contributed by atoms with Crippen molar-refractivity contribution in [3.63, 3.8) is 0 Å². The number of rotatable bonds is 2. The molecule has 0 aliphatic carbocycles. The number of aryl methyl sites for hydroxylation is 2. The molecule has 0 amide bonds. The lowest BCUT2D eigenvalue weighted by Crippen LogP contribution is -2.33. The van der Waals surface area contributed by atoms with Crippen LogP contribution >= 0.6 is 0 Å². The van der Waals surface area contributed by atoms with Gasteiger partial charge in [-0.2, -0.15) is 0 Å². The number of hydrogen-bond donors (Lipinski definition) is 1. The van der Waals surface area contributed by atoms with Gasteiger partial charge in [0.1, 0.15) is 11.5 Å². The zero-order valence-electron chi connectivity index (χ0n) is 18.6. The van der Waals surface area contributed by atoms with Crippen LogP contribution in [0.15, 0.2) is 60.7 Å². The summed E-state index contributed by atoms with van der Waals surface area (Å²) >= 11 is 0. The predicted octanol–water partition coefficient (Wildman–Crippen LogP) is 5.99. The van der Waals surface area contributed by atoms with Gasteiger partial charge in [0, 0.05) is 16.7 Å². The van der Waals surface area contributed by atoms with E-state index in [0.717, 1.165) is 45.7 Å². The van der Waals surface area contributed by atoms with Gasteiger partial charge in [0.05, 0.1) is 11.5 Å². The van der Waals surface area contributed by atoms with E-state index in [1.165, 1.54) is 0 Å². The number of hydrogen-bond acceptors (Lipinski definition) is 4. The Balaban J connectivity index is 0.000000307. The minimum Gasteiger partial charge on any atom is -0.481 e. The van der Waals surface area contributed by atoms with Crippen molar-refractivity contribution in [1.29, 1.82) is 0 Å². The van der Waals surface area contributed by atoms with Crippen molar-refractivity contribution in [2.75, 3.05) is 0 Å². The Bertz CT molecular complexity index is 1160. The Kier molecular flexibility index (Phi) is 5.51. The fraction of sp³-hybridized carbons (Fsp3) is 0.259. The summed E-state index contributed by atoms with van der Waals surface area (Å²) in [5.74, 6) is 0.295. The first-order valence-electron chi connectivity index (χ1n) is 10.7. The van der Waals surface area contributed by atoms with E-state index < -0.39 is 11.6 Å². The smallest absolute Gasteiger partial charge is 0.340 e. The number of esters is 1. The van der Waals surface area contributed by atoms with Crippen LogP contribution in [0.1, 0.15) is 58.4 Å². The summed E-state index contributed by atoms with van der Waals surface area (Å²) in [7, 11) is 0. The number of benzene rings is 3. The van der Waals surface area contributed by atoms with E-state index in [2.05, 4.69) is 0 Å². The maximum absolute atomic E-state index is 12.6. The zero-order chi connectivity index (χ0) is 23.0. The summed E-state index contributed by atoms with van der Waals surface area (Å²) in [6.07, 6.45) is 0.718. The molecule has 2 heterocycles. The van der Waals surface area contributed by atoms with Crippen LogP contribution in [0.25, 0.3) is 0 Å². The molecular weight excluding hydrogens is 404 g/mol. The van der Waals surface area contributed by atoms with Crippen molar-refractivity contribution in [2.45, 2.75) is 39.7 Å². The van der Waals surface area contributed by atoms with Crippen LogP contribution in [-0.4, -0.2) is 17.0 Å². The number of carboxylic acids is 1. The minimum atomic E-state index is -0.946. The molecule has 0 radical (unpaired) electrons. The Morgan fingerprint density at radius 2 is 1.50 bits per heavy atom. The summed E-state index contributed by atoms with van der Waals surface area (Å²) in [5.41, 5.74) is 4.48. The molecule has 164 valence electrons. The molecule has 5 rings (SSSR count). The van der Waals surface area contributed by atoms with Crippen molar-refractivity contribution in [1.82, 2.24) is 0 Å². The number of carbonyl (C=O) groups is 2. The standard InChI is InChI=1S/C22H16O3.C5H10O2/c1-13-7-9-17-19(11-13)24-20-12-14(2)8-10-18(20)22(17)16-6-4-3-5-15(16)21(23)25-22;1-3-4(2)5(6)7/h3-12H,1-2H3;4H,3H2,1-2H3,(H,6,7). The predicted molar refractivity (Wildman–Crippen MR) is 121 cm³/mol. The summed E-state index contributed by atoms with van der Waals surface area (Å²) in [4.78, 5) is 22.6. The van der Waals surface area contributed by atoms with E-state index in [1.54, 1.807) is 6.92 Å². The second kappa shape index (κ2) is 8.15. The first-order chi connectivity index (χ1) is 15.3. The lowest BCUT2D eigenvalue weighted by Gasteiger charge is -2.36. The van der Waals surface area contributed by atoms with Crippen LogP contribution in [0, 0.1) is 19.8 Å². The number of fused-ring (bicyclic) bond motifs is 6. The molecule has 3 aromatic rings. The average molecular weight is 431 g/mol. The second-order valence-corrected chi connectivity index (χ2v) is 8.37. The molecule has 0 bridgehead atoms. The summed E-state index contributed by atoms with van der Waals surface area (Å²) in [6.45, 7) is 7.61. The molecular formula is C27H26O5. The monoisotopic (exact) mass is 430 g/mol. The van der Waals surface area contributed by atoms with Crippen molar-refractivity contribution in [3.8, 4) is 11.5 Å². The van der Waals surface area contributed by atoms with Gasteiger partial charge >= 0.3 is 11.9 Å². The van der Waals surface area contributed by atoms with Gasteiger partial charge in [0.25, 0.3) is 0 Å². The molecule has 0 saturated carbocycles. The van der Waals surface area contributed by atoms with Crippen molar-refractivity contribution in [2.24, 2.45) is 5.92 Å². The Hall–Kier alpha value is -3.60. The normalized spacial score (nSPS) is 15.3. The fourth-order valence-electron chi connectivity index (χ4n) is 4.07. The molecule has 5 heteroatoms. The maximum Gasteiger partial charge on any atom is 0.340 e. The first-order valence-corrected chi connectivity index (χ1v) is 10.7. The van der Waals surface area contributed by atoms with Gasteiger partial charge in [-0.05, 0) is 49.6 Å². The third kappa shape index (κ3) is 3.44. The van der Waals surface area contributed by atoms with Crippen molar-refractivity contribution < 1.29 is 24.2 Å². The van der Waals surface area contributed by atoms with Crippen molar-refractivity contribution in [3.05, 3.63) is 94.0 Å². The molecule has 2 aliphatic heterocycles. The van der Waals surface area contributed by atoms with Crippen molar-refractivity contribution >= 4 is 11.9 Å².